The van der Waals surface area contributed by atoms with Crippen molar-refractivity contribution in [2.24, 2.45) is 0 Å². The first kappa shape index (κ1) is 17.6. The van der Waals surface area contributed by atoms with Crippen LogP contribution in [0.4, 0.5) is 0 Å². The Bertz CT molecular complexity index is 1090. The van der Waals surface area contributed by atoms with Crippen LogP contribution in [0, 0.1) is 22.7 Å². The standard InChI is InChI=1S/C20H13N2O3P/c21-12-14-4-8-16(9-5-14)18-2-1-3-19(26(23,24)25)20(18)17-10-6-15(13-22)7-11-17/h1-11H,(H2,23,24,25). The van der Waals surface area contributed by atoms with Crippen LogP contribution in [0.25, 0.3) is 22.3 Å². The topological polar surface area (TPSA) is 105 Å². The third-order valence-corrected chi connectivity index (χ3v) is 4.98. The predicted molar refractivity (Wildman–Crippen MR) is 98.4 cm³/mol. The molecule has 126 valence electrons. The zero-order valence-electron chi connectivity index (χ0n) is 13.5. The number of benzene rings is 3. The Morgan fingerprint density at radius 2 is 1.23 bits per heavy atom. The quantitative estimate of drug-likeness (QED) is 0.695. The molecule has 0 aromatic heterocycles. The molecule has 3 rings (SSSR count). The van der Waals surface area contributed by atoms with E-state index in [1.807, 2.05) is 12.1 Å². The molecule has 6 heteroatoms. The Morgan fingerprint density at radius 3 is 1.69 bits per heavy atom. The lowest BCUT2D eigenvalue weighted by Crippen LogP contribution is -2.09. The van der Waals surface area contributed by atoms with Gasteiger partial charge in [0.2, 0.25) is 0 Å². The molecule has 0 heterocycles. The van der Waals surface area contributed by atoms with Gasteiger partial charge >= 0.3 is 7.60 Å². The largest absolute Gasteiger partial charge is 0.356 e. The fraction of sp³-hybridized carbons (Fsp3) is 0. The number of nitrogens with zero attached hydrogens (tertiary/aromatic N) is 2. The highest BCUT2D eigenvalue weighted by Crippen LogP contribution is 2.42. The van der Waals surface area contributed by atoms with Crippen molar-refractivity contribution < 1.29 is 14.4 Å². The maximum absolute atomic E-state index is 12.0. The minimum Gasteiger partial charge on any atom is -0.321 e. The first-order valence-electron chi connectivity index (χ1n) is 7.64. The molecule has 0 spiro atoms. The van der Waals surface area contributed by atoms with Crippen molar-refractivity contribution in [2.45, 2.75) is 0 Å². The maximum atomic E-state index is 12.0. The normalized spacial score (nSPS) is 10.8. The molecule has 3 aromatic rings. The van der Waals surface area contributed by atoms with Crippen molar-refractivity contribution >= 4 is 12.9 Å². The molecule has 0 aliphatic rings. The third kappa shape index (κ3) is 3.42. The van der Waals surface area contributed by atoms with Gasteiger partial charge in [-0.25, -0.2) is 0 Å². The molecule has 0 atom stereocenters. The summed E-state index contributed by atoms with van der Waals surface area (Å²) in [6.45, 7) is 0. The lowest BCUT2D eigenvalue weighted by Gasteiger charge is -2.16. The van der Waals surface area contributed by atoms with Gasteiger partial charge in [0.05, 0.1) is 28.6 Å². The smallest absolute Gasteiger partial charge is 0.321 e. The van der Waals surface area contributed by atoms with Gasteiger partial charge < -0.3 is 9.79 Å². The summed E-state index contributed by atoms with van der Waals surface area (Å²) in [4.78, 5) is 19.6. The van der Waals surface area contributed by atoms with Gasteiger partial charge in [0, 0.05) is 5.56 Å². The number of nitriles is 2. The maximum Gasteiger partial charge on any atom is 0.356 e. The highest BCUT2D eigenvalue weighted by atomic mass is 31.2. The molecule has 3 aromatic carbocycles. The van der Waals surface area contributed by atoms with E-state index in [0.717, 1.165) is 5.56 Å². The van der Waals surface area contributed by atoms with Gasteiger partial charge in [-0.1, -0.05) is 36.4 Å². The summed E-state index contributed by atoms with van der Waals surface area (Å²) in [7, 11) is -4.52. The van der Waals surface area contributed by atoms with E-state index in [1.54, 1.807) is 60.7 Å². The van der Waals surface area contributed by atoms with Gasteiger partial charge in [-0.3, -0.25) is 4.57 Å². The molecule has 0 amide bonds. The second kappa shape index (κ2) is 6.96. The van der Waals surface area contributed by atoms with Gasteiger partial charge in [0.25, 0.3) is 0 Å². The van der Waals surface area contributed by atoms with Crippen LogP contribution in [0.3, 0.4) is 0 Å². The summed E-state index contributed by atoms with van der Waals surface area (Å²) in [6, 6.07) is 22.2. The molecule has 0 saturated carbocycles. The first-order chi connectivity index (χ1) is 12.4. The van der Waals surface area contributed by atoms with E-state index < -0.39 is 7.60 Å². The molecular weight excluding hydrogens is 347 g/mol. The number of rotatable bonds is 3. The van der Waals surface area contributed by atoms with E-state index in [1.165, 1.54) is 6.07 Å². The minimum absolute atomic E-state index is 0.0796. The Hall–Kier alpha value is -3.21. The van der Waals surface area contributed by atoms with E-state index >= 15 is 0 Å². The van der Waals surface area contributed by atoms with Crippen molar-refractivity contribution in [1.29, 1.82) is 10.5 Å². The summed E-state index contributed by atoms with van der Waals surface area (Å²) in [5.74, 6) is 0. The van der Waals surface area contributed by atoms with E-state index in [2.05, 4.69) is 0 Å². The Labute approximate surface area is 150 Å². The third-order valence-electron chi connectivity index (χ3n) is 3.98. The average Bonchev–Trinajstić information content (AvgIpc) is 2.67. The summed E-state index contributed by atoms with van der Waals surface area (Å²) in [5.41, 5.74) is 3.35. The van der Waals surface area contributed by atoms with Crippen LogP contribution in [0.2, 0.25) is 0 Å². The van der Waals surface area contributed by atoms with Crippen molar-refractivity contribution in [2.75, 3.05) is 0 Å². The molecule has 0 fully saturated rings. The number of hydrogen-bond donors (Lipinski definition) is 2. The molecule has 0 aliphatic carbocycles. The van der Waals surface area contributed by atoms with Crippen LogP contribution in [-0.2, 0) is 4.57 Å². The second-order valence-corrected chi connectivity index (χ2v) is 7.19. The fourth-order valence-electron chi connectivity index (χ4n) is 2.76. The van der Waals surface area contributed by atoms with Gasteiger partial charge in [-0.05, 0) is 47.0 Å². The van der Waals surface area contributed by atoms with Gasteiger partial charge in [-0.15, -0.1) is 0 Å². The zero-order chi connectivity index (χ0) is 18.7. The van der Waals surface area contributed by atoms with Crippen molar-refractivity contribution in [3.8, 4) is 34.4 Å². The van der Waals surface area contributed by atoms with Crippen LogP contribution in [-0.4, -0.2) is 9.79 Å². The number of hydrogen-bond acceptors (Lipinski definition) is 3. The van der Waals surface area contributed by atoms with Gasteiger partial charge in [-0.2, -0.15) is 10.5 Å². The highest BCUT2D eigenvalue weighted by molar-refractivity contribution is 7.60. The van der Waals surface area contributed by atoms with Crippen molar-refractivity contribution in [3.63, 3.8) is 0 Å². The fourth-order valence-corrected chi connectivity index (χ4v) is 3.58. The summed E-state index contributed by atoms with van der Waals surface area (Å²) in [5, 5.41) is 17.8. The Morgan fingerprint density at radius 1 is 0.731 bits per heavy atom. The van der Waals surface area contributed by atoms with Crippen LogP contribution in [0.5, 0.6) is 0 Å². The van der Waals surface area contributed by atoms with Gasteiger partial charge in [0.1, 0.15) is 0 Å². The van der Waals surface area contributed by atoms with E-state index in [-0.39, 0.29) is 5.30 Å². The lowest BCUT2D eigenvalue weighted by molar-refractivity contribution is 0.387. The second-order valence-electron chi connectivity index (χ2n) is 5.62. The van der Waals surface area contributed by atoms with Crippen molar-refractivity contribution in [1.82, 2.24) is 0 Å². The molecule has 0 aliphatic heterocycles. The molecule has 0 radical (unpaired) electrons. The first-order valence-corrected chi connectivity index (χ1v) is 9.25. The highest BCUT2D eigenvalue weighted by Gasteiger charge is 2.24. The summed E-state index contributed by atoms with van der Waals surface area (Å²) in [6.07, 6.45) is 0. The lowest BCUT2D eigenvalue weighted by atomic mass is 9.93. The monoisotopic (exact) mass is 360 g/mol. The molecule has 0 unspecified atom stereocenters. The Kier molecular flexibility index (Phi) is 4.71. The Balaban J connectivity index is 2.29. The molecule has 0 saturated heterocycles. The van der Waals surface area contributed by atoms with Crippen LogP contribution < -0.4 is 5.30 Å². The average molecular weight is 360 g/mol. The van der Waals surface area contributed by atoms with Crippen molar-refractivity contribution in [3.05, 3.63) is 77.9 Å². The predicted octanol–water partition coefficient (Wildman–Crippen LogP) is 3.57. The molecule has 0 bridgehead atoms. The molecular formula is C20H13N2O3P. The zero-order valence-corrected chi connectivity index (χ0v) is 14.4. The van der Waals surface area contributed by atoms with Gasteiger partial charge in [0.15, 0.2) is 0 Å². The molecule has 26 heavy (non-hydrogen) atoms. The van der Waals surface area contributed by atoms with Crippen LogP contribution in [0.15, 0.2) is 66.7 Å². The van der Waals surface area contributed by atoms with E-state index in [4.69, 9.17) is 10.5 Å². The van der Waals surface area contributed by atoms with Crippen LogP contribution >= 0.6 is 7.60 Å². The summed E-state index contributed by atoms with van der Waals surface area (Å²) < 4.78 is 12.0. The summed E-state index contributed by atoms with van der Waals surface area (Å²) >= 11 is 0. The SMILES string of the molecule is N#Cc1ccc(-c2cccc(P(=O)(O)O)c2-c2ccc(C#N)cc2)cc1. The minimum atomic E-state index is -4.52. The van der Waals surface area contributed by atoms with Crippen LogP contribution in [0.1, 0.15) is 11.1 Å². The molecule has 5 nitrogen and oxygen atoms in total. The van der Waals surface area contributed by atoms with E-state index in [9.17, 15) is 14.4 Å². The van der Waals surface area contributed by atoms with E-state index in [0.29, 0.717) is 27.8 Å². The molecule has 2 N–H and O–H groups in total.